The Hall–Kier alpha value is -3.11. The van der Waals surface area contributed by atoms with Gasteiger partial charge in [-0.25, -0.2) is 4.68 Å². The molecule has 1 atom stereocenters. The van der Waals surface area contributed by atoms with Gasteiger partial charge in [-0.15, -0.1) is 0 Å². The maximum atomic E-state index is 12.6. The minimum Gasteiger partial charge on any atom is -0.382 e. The van der Waals surface area contributed by atoms with E-state index in [4.69, 9.17) is 11.0 Å². The van der Waals surface area contributed by atoms with Crippen LogP contribution in [0.2, 0.25) is 0 Å². The molecule has 1 aromatic heterocycles. The zero-order chi connectivity index (χ0) is 19.0. The number of hydrogen-bond acceptors (Lipinski definition) is 4. The first-order valence-corrected chi connectivity index (χ1v) is 9.30. The van der Waals surface area contributed by atoms with Crippen molar-refractivity contribution in [3.05, 3.63) is 75.4 Å². The number of benzene rings is 2. The molecule has 7 heteroatoms. The van der Waals surface area contributed by atoms with E-state index in [1.165, 1.54) is 22.0 Å². The van der Waals surface area contributed by atoms with Gasteiger partial charge in [-0.1, -0.05) is 28.1 Å². The third-order valence-electron chi connectivity index (χ3n) is 4.82. The number of nitrogen functional groups attached to an aromatic ring is 1. The molecule has 3 aromatic rings. The second kappa shape index (κ2) is 6.89. The van der Waals surface area contributed by atoms with Crippen LogP contribution in [-0.2, 0) is 6.42 Å². The quantitative estimate of drug-likeness (QED) is 0.675. The van der Waals surface area contributed by atoms with Crippen molar-refractivity contribution < 1.29 is 4.79 Å². The van der Waals surface area contributed by atoms with Gasteiger partial charge in [0.05, 0.1) is 17.9 Å². The number of aromatic nitrogens is 2. The van der Waals surface area contributed by atoms with Crippen LogP contribution in [-0.4, -0.2) is 15.7 Å². The normalized spacial score (nSPS) is 15.2. The molecule has 3 N–H and O–H groups in total. The molecule has 27 heavy (non-hydrogen) atoms. The summed E-state index contributed by atoms with van der Waals surface area (Å²) < 4.78 is 2.57. The minimum absolute atomic E-state index is 0.0182. The highest BCUT2D eigenvalue weighted by atomic mass is 79.9. The van der Waals surface area contributed by atoms with Gasteiger partial charge in [-0.2, -0.15) is 10.4 Å². The molecular weight excluding hydrogens is 406 g/mol. The Morgan fingerprint density at radius 1 is 1.30 bits per heavy atom. The second-order valence-electron chi connectivity index (χ2n) is 6.39. The lowest BCUT2D eigenvalue weighted by atomic mass is 10.1. The fourth-order valence-electron chi connectivity index (χ4n) is 3.41. The van der Waals surface area contributed by atoms with Crippen LogP contribution in [0.5, 0.6) is 0 Å². The summed E-state index contributed by atoms with van der Waals surface area (Å²) in [5.41, 5.74) is 9.92. The lowest BCUT2D eigenvalue weighted by Gasteiger charge is -2.15. The van der Waals surface area contributed by atoms with Crippen LogP contribution in [0.4, 0.5) is 5.82 Å². The Bertz CT molecular complexity index is 1060. The third-order valence-corrected chi connectivity index (χ3v) is 5.56. The van der Waals surface area contributed by atoms with Gasteiger partial charge in [-0.3, -0.25) is 4.79 Å². The van der Waals surface area contributed by atoms with E-state index in [0.717, 1.165) is 17.3 Å². The van der Waals surface area contributed by atoms with Gasteiger partial charge < -0.3 is 11.1 Å². The molecule has 0 bridgehead atoms. The molecule has 1 aliphatic carbocycles. The lowest BCUT2D eigenvalue weighted by Crippen LogP contribution is -2.27. The standard InChI is InChI=1S/C20H16BrN5O/c21-17-3-1-2-16-15(17)8-9-18(16)25-20(27)12-4-6-14(7-5-12)26-19(23)13(10-22)11-24-26/h1-7,11,18H,8-9,23H2,(H,25,27). The van der Waals surface area contributed by atoms with Crippen molar-refractivity contribution in [3.8, 4) is 11.8 Å². The van der Waals surface area contributed by atoms with Gasteiger partial charge in [0, 0.05) is 10.0 Å². The van der Waals surface area contributed by atoms with Gasteiger partial charge in [0.15, 0.2) is 0 Å². The number of carbonyl (C=O) groups excluding carboxylic acids is 1. The highest BCUT2D eigenvalue weighted by Crippen LogP contribution is 2.35. The van der Waals surface area contributed by atoms with Gasteiger partial charge in [0.25, 0.3) is 5.91 Å². The first kappa shape index (κ1) is 17.3. The Kier molecular flexibility index (Phi) is 4.42. The first-order valence-electron chi connectivity index (χ1n) is 8.50. The Morgan fingerprint density at radius 2 is 2.07 bits per heavy atom. The summed E-state index contributed by atoms with van der Waals surface area (Å²) in [5, 5.41) is 16.2. The number of amides is 1. The topological polar surface area (TPSA) is 96.7 Å². The van der Waals surface area contributed by atoms with Gasteiger partial charge in [0.2, 0.25) is 0 Å². The fraction of sp³-hybridized carbons (Fsp3) is 0.150. The Labute approximate surface area is 164 Å². The number of nitrogens with one attached hydrogen (secondary N) is 1. The predicted octanol–water partition coefficient (Wildman–Crippen LogP) is 3.51. The van der Waals surface area contributed by atoms with Crippen molar-refractivity contribution >= 4 is 27.7 Å². The minimum atomic E-state index is -0.120. The number of carbonyl (C=O) groups is 1. The highest BCUT2D eigenvalue weighted by molar-refractivity contribution is 9.10. The molecule has 4 rings (SSSR count). The molecule has 0 aliphatic heterocycles. The van der Waals surface area contributed by atoms with E-state index < -0.39 is 0 Å². The van der Waals surface area contributed by atoms with E-state index in [2.05, 4.69) is 32.4 Å². The maximum absolute atomic E-state index is 12.6. The smallest absolute Gasteiger partial charge is 0.251 e. The van der Waals surface area contributed by atoms with Crippen molar-refractivity contribution in [1.82, 2.24) is 15.1 Å². The van der Waals surface area contributed by atoms with Crippen LogP contribution >= 0.6 is 15.9 Å². The van der Waals surface area contributed by atoms with Gasteiger partial charge in [0.1, 0.15) is 17.5 Å². The van der Waals surface area contributed by atoms with Crippen molar-refractivity contribution in [2.75, 3.05) is 5.73 Å². The molecule has 6 nitrogen and oxygen atoms in total. The zero-order valence-electron chi connectivity index (χ0n) is 14.3. The average molecular weight is 422 g/mol. The van der Waals surface area contributed by atoms with Gasteiger partial charge in [-0.05, 0) is 54.3 Å². The zero-order valence-corrected chi connectivity index (χ0v) is 15.9. The molecule has 0 fully saturated rings. The van der Waals surface area contributed by atoms with E-state index in [0.29, 0.717) is 16.8 Å². The number of rotatable bonds is 3. The number of anilines is 1. The summed E-state index contributed by atoms with van der Waals surface area (Å²) in [4.78, 5) is 12.6. The van der Waals surface area contributed by atoms with Gasteiger partial charge >= 0.3 is 0 Å². The molecule has 0 spiro atoms. The molecule has 0 saturated heterocycles. The van der Waals surface area contributed by atoms with E-state index in [1.54, 1.807) is 24.3 Å². The van der Waals surface area contributed by atoms with Crippen LogP contribution in [0.25, 0.3) is 5.69 Å². The second-order valence-corrected chi connectivity index (χ2v) is 7.24. The average Bonchev–Trinajstić information content (AvgIpc) is 3.26. The molecule has 1 heterocycles. The van der Waals surface area contributed by atoms with Crippen LogP contribution < -0.4 is 11.1 Å². The van der Waals surface area contributed by atoms with Crippen LogP contribution in [0.3, 0.4) is 0 Å². The summed E-state index contributed by atoms with van der Waals surface area (Å²) in [5.74, 6) is 0.161. The largest absolute Gasteiger partial charge is 0.382 e. The van der Waals surface area contributed by atoms with E-state index >= 15 is 0 Å². The van der Waals surface area contributed by atoms with Crippen molar-refractivity contribution in [1.29, 1.82) is 5.26 Å². The van der Waals surface area contributed by atoms with Crippen molar-refractivity contribution in [2.45, 2.75) is 18.9 Å². The fourth-order valence-corrected chi connectivity index (χ4v) is 3.98. The first-order chi connectivity index (χ1) is 13.1. The van der Waals surface area contributed by atoms with Crippen molar-refractivity contribution in [3.63, 3.8) is 0 Å². The molecule has 134 valence electrons. The number of nitrogens with two attached hydrogens (primary N) is 1. The summed E-state index contributed by atoms with van der Waals surface area (Å²) in [6.45, 7) is 0. The number of fused-ring (bicyclic) bond motifs is 1. The molecule has 0 radical (unpaired) electrons. The highest BCUT2D eigenvalue weighted by Gasteiger charge is 2.25. The summed E-state index contributed by atoms with van der Waals surface area (Å²) >= 11 is 3.58. The third kappa shape index (κ3) is 3.09. The summed E-state index contributed by atoms with van der Waals surface area (Å²) in [6.07, 6.45) is 3.26. The molecule has 1 unspecified atom stereocenters. The number of hydrogen-bond donors (Lipinski definition) is 2. The lowest BCUT2D eigenvalue weighted by molar-refractivity contribution is 0.0936. The van der Waals surface area contributed by atoms with E-state index in [-0.39, 0.29) is 17.8 Å². The molecule has 2 aromatic carbocycles. The molecule has 1 aliphatic rings. The summed E-state index contributed by atoms with van der Waals surface area (Å²) in [7, 11) is 0. The molecule has 1 amide bonds. The van der Waals surface area contributed by atoms with E-state index in [9.17, 15) is 4.79 Å². The Morgan fingerprint density at radius 3 is 2.78 bits per heavy atom. The van der Waals surface area contributed by atoms with Crippen LogP contribution in [0.1, 0.15) is 39.5 Å². The molecule has 0 saturated carbocycles. The van der Waals surface area contributed by atoms with Crippen molar-refractivity contribution in [2.24, 2.45) is 0 Å². The SMILES string of the molecule is N#Cc1cnn(-c2ccc(C(=O)NC3CCc4c(Br)cccc43)cc2)c1N. The predicted molar refractivity (Wildman–Crippen MR) is 105 cm³/mol. The number of halogens is 1. The van der Waals surface area contributed by atoms with Crippen LogP contribution in [0, 0.1) is 11.3 Å². The summed E-state index contributed by atoms with van der Waals surface area (Å²) in [6, 6.07) is 15.1. The van der Waals surface area contributed by atoms with Crippen LogP contribution in [0.15, 0.2) is 53.1 Å². The molecular formula is C20H16BrN5O. The number of nitrogens with zero attached hydrogens (tertiary/aromatic N) is 3. The Balaban J connectivity index is 1.52. The number of nitriles is 1. The maximum Gasteiger partial charge on any atom is 0.251 e. The monoisotopic (exact) mass is 421 g/mol. The van der Waals surface area contributed by atoms with E-state index in [1.807, 2.05) is 18.2 Å².